The van der Waals surface area contributed by atoms with Gasteiger partial charge in [0.15, 0.2) is 11.5 Å². The van der Waals surface area contributed by atoms with Crippen molar-refractivity contribution in [3.8, 4) is 28.4 Å². The Balaban J connectivity index is 1.88. The number of ether oxygens (including phenoxy) is 4. The lowest BCUT2D eigenvalue weighted by Gasteiger charge is -2.32. The lowest BCUT2D eigenvalue weighted by atomic mass is 9.95. The van der Waals surface area contributed by atoms with Crippen LogP contribution in [0.1, 0.15) is 44.4 Å². The maximum atomic E-state index is 13.7. The zero-order valence-electron chi connectivity index (χ0n) is 24.1. The van der Waals surface area contributed by atoms with Crippen LogP contribution in [0, 0.1) is 5.92 Å². The van der Waals surface area contributed by atoms with Crippen LogP contribution in [-0.2, 0) is 20.7 Å². The van der Waals surface area contributed by atoms with E-state index in [4.69, 9.17) is 18.9 Å². The second-order valence-electron chi connectivity index (χ2n) is 10.4. The lowest BCUT2D eigenvalue weighted by Crippen LogP contribution is -2.50. The van der Waals surface area contributed by atoms with Gasteiger partial charge in [-0.2, -0.15) is 0 Å². The van der Waals surface area contributed by atoms with Crippen LogP contribution in [0.25, 0.3) is 11.1 Å². The molecule has 1 fully saturated rings. The van der Waals surface area contributed by atoms with E-state index in [1.165, 1.54) is 6.92 Å². The third-order valence-corrected chi connectivity index (χ3v) is 7.48. The summed E-state index contributed by atoms with van der Waals surface area (Å²) in [6.45, 7) is 7.39. The number of hydrogen-bond donors (Lipinski definition) is 2. The first-order valence-electron chi connectivity index (χ1n) is 13.6. The minimum Gasteiger partial charge on any atom is -0.493 e. The number of methoxy groups -OCH3 is 3. The van der Waals surface area contributed by atoms with Crippen molar-refractivity contribution in [2.24, 2.45) is 5.92 Å². The molecular formula is C30H39N3O7. The molecule has 10 heteroatoms. The molecule has 216 valence electrons. The molecule has 1 aliphatic carbocycles. The van der Waals surface area contributed by atoms with E-state index in [9.17, 15) is 14.4 Å². The van der Waals surface area contributed by atoms with Gasteiger partial charge >= 0.3 is 0 Å². The molecule has 0 spiro atoms. The summed E-state index contributed by atoms with van der Waals surface area (Å²) in [5.41, 5.74) is 3.14. The number of carbonyl (C=O) groups excluding carboxylic acids is 2. The quantitative estimate of drug-likeness (QED) is 0.512. The Bertz CT molecular complexity index is 1320. The summed E-state index contributed by atoms with van der Waals surface area (Å²) in [4.78, 5) is 41.1. The van der Waals surface area contributed by atoms with Crippen molar-refractivity contribution in [2.45, 2.75) is 45.7 Å². The zero-order valence-corrected chi connectivity index (χ0v) is 24.1. The van der Waals surface area contributed by atoms with Gasteiger partial charge in [-0.05, 0) is 53.6 Å². The number of anilines is 1. The van der Waals surface area contributed by atoms with E-state index in [0.717, 1.165) is 16.7 Å². The van der Waals surface area contributed by atoms with Crippen LogP contribution in [-0.4, -0.2) is 70.4 Å². The standard InChI is InChI=1S/C30H39N3O7/c1-17(2)27(30(36)33-11-13-40-14-12-33)32-23-10-8-20-21(16-24(23)35)22(31-18(3)34)9-7-19-15-25(37-4)28(38-5)29(39-6)26(19)20/h8,10,15-17,22,27H,7,9,11-14H2,1-6H3,(H,31,34)(H,32,35). The Labute approximate surface area is 234 Å². The number of carbonyl (C=O) groups is 2. The van der Waals surface area contributed by atoms with Crippen molar-refractivity contribution < 1.29 is 28.5 Å². The molecule has 2 amide bonds. The average molecular weight is 554 g/mol. The molecular weight excluding hydrogens is 514 g/mol. The fraction of sp³-hybridized carbons (Fsp3) is 0.500. The number of benzene rings is 1. The molecule has 2 aromatic carbocycles. The van der Waals surface area contributed by atoms with Crippen molar-refractivity contribution in [3.63, 3.8) is 0 Å². The van der Waals surface area contributed by atoms with E-state index in [2.05, 4.69) is 10.6 Å². The SMILES string of the molecule is COc1cc2c(c(OC)c1OC)-c1ccc(NC(C(=O)N3CCOCC3)C(C)C)c(=O)cc1C(NC(C)=O)CC2. The summed E-state index contributed by atoms with van der Waals surface area (Å²) in [5.74, 6) is 1.13. The molecule has 2 N–H and O–H groups in total. The average Bonchev–Trinajstić information content (AvgIpc) is 3.18. The number of aryl methyl sites for hydroxylation is 1. The van der Waals surface area contributed by atoms with Crippen LogP contribution >= 0.6 is 0 Å². The number of amides is 2. The Morgan fingerprint density at radius 3 is 2.33 bits per heavy atom. The third kappa shape index (κ3) is 5.86. The van der Waals surface area contributed by atoms with Gasteiger partial charge in [-0.15, -0.1) is 0 Å². The highest BCUT2D eigenvalue weighted by Gasteiger charge is 2.31. The molecule has 4 rings (SSSR count). The number of hydrogen-bond acceptors (Lipinski definition) is 8. The van der Waals surface area contributed by atoms with E-state index >= 15 is 0 Å². The van der Waals surface area contributed by atoms with Crippen molar-refractivity contribution in [1.82, 2.24) is 10.2 Å². The van der Waals surface area contributed by atoms with E-state index < -0.39 is 12.1 Å². The number of fused-ring (bicyclic) bond motifs is 3. The summed E-state index contributed by atoms with van der Waals surface area (Å²) in [7, 11) is 4.68. The predicted molar refractivity (Wildman–Crippen MR) is 152 cm³/mol. The van der Waals surface area contributed by atoms with Crippen LogP contribution in [0.5, 0.6) is 17.2 Å². The Morgan fingerprint density at radius 1 is 1.02 bits per heavy atom. The topological polar surface area (TPSA) is 115 Å². The van der Waals surface area contributed by atoms with Gasteiger partial charge < -0.3 is 34.5 Å². The molecule has 40 heavy (non-hydrogen) atoms. The van der Waals surface area contributed by atoms with Gasteiger partial charge in [-0.1, -0.05) is 19.9 Å². The second kappa shape index (κ2) is 12.6. The first-order chi connectivity index (χ1) is 19.2. The van der Waals surface area contributed by atoms with E-state index in [1.807, 2.05) is 26.0 Å². The molecule has 10 nitrogen and oxygen atoms in total. The predicted octanol–water partition coefficient (Wildman–Crippen LogP) is 3.16. The summed E-state index contributed by atoms with van der Waals surface area (Å²) < 4.78 is 22.5. The first kappa shape index (κ1) is 29.2. The van der Waals surface area contributed by atoms with E-state index in [-0.39, 0.29) is 23.2 Å². The Hall–Kier alpha value is -3.79. The van der Waals surface area contributed by atoms with Gasteiger partial charge in [0, 0.05) is 25.6 Å². The molecule has 1 aliphatic heterocycles. The van der Waals surface area contributed by atoms with Crippen molar-refractivity contribution in [3.05, 3.63) is 45.6 Å². The van der Waals surface area contributed by atoms with Gasteiger partial charge in [0.2, 0.25) is 23.0 Å². The van der Waals surface area contributed by atoms with Crippen molar-refractivity contribution in [1.29, 1.82) is 0 Å². The van der Waals surface area contributed by atoms with Crippen LogP contribution in [0.15, 0.2) is 29.1 Å². The molecule has 0 radical (unpaired) electrons. The van der Waals surface area contributed by atoms with Crippen LogP contribution < -0.4 is 30.3 Å². The Kier molecular flexibility index (Phi) is 9.19. The minimum absolute atomic E-state index is 0.0641. The molecule has 1 heterocycles. The highest BCUT2D eigenvalue weighted by atomic mass is 16.5. The van der Waals surface area contributed by atoms with Gasteiger partial charge in [0.25, 0.3) is 0 Å². The number of nitrogens with one attached hydrogen (secondary N) is 2. The van der Waals surface area contributed by atoms with E-state index in [1.54, 1.807) is 38.4 Å². The number of nitrogens with zero attached hydrogens (tertiary/aromatic N) is 1. The first-order valence-corrected chi connectivity index (χ1v) is 13.6. The molecule has 0 saturated carbocycles. The van der Waals surface area contributed by atoms with Gasteiger partial charge in [0.1, 0.15) is 6.04 Å². The number of morpholine rings is 1. The van der Waals surface area contributed by atoms with Gasteiger partial charge in [-0.3, -0.25) is 14.4 Å². The fourth-order valence-corrected chi connectivity index (χ4v) is 5.49. The van der Waals surface area contributed by atoms with Gasteiger partial charge in [-0.25, -0.2) is 0 Å². The van der Waals surface area contributed by atoms with Crippen molar-refractivity contribution in [2.75, 3.05) is 52.9 Å². The highest BCUT2D eigenvalue weighted by Crippen LogP contribution is 2.50. The highest BCUT2D eigenvalue weighted by molar-refractivity contribution is 5.86. The molecule has 0 aromatic heterocycles. The maximum Gasteiger partial charge on any atom is 0.245 e. The van der Waals surface area contributed by atoms with Gasteiger partial charge in [0.05, 0.1) is 46.3 Å². The molecule has 2 aliphatic rings. The van der Waals surface area contributed by atoms with Crippen LogP contribution in [0.3, 0.4) is 0 Å². The minimum atomic E-state index is -0.592. The monoisotopic (exact) mass is 553 g/mol. The zero-order chi connectivity index (χ0) is 29.0. The van der Waals surface area contributed by atoms with Crippen LogP contribution in [0.2, 0.25) is 0 Å². The van der Waals surface area contributed by atoms with E-state index in [0.29, 0.717) is 67.6 Å². The molecule has 1 saturated heterocycles. The smallest absolute Gasteiger partial charge is 0.245 e. The number of rotatable bonds is 8. The van der Waals surface area contributed by atoms with Crippen LogP contribution in [0.4, 0.5) is 5.69 Å². The fourth-order valence-electron chi connectivity index (χ4n) is 5.49. The lowest BCUT2D eigenvalue weighted by molar-refractivity contribution is -0.137. The molecule has 2 aromatic rings. The summed E-state index contributed by atoms with van der Waals surface area (Å²) >= 11 is 0. The largest absolute Gasteiger partial charge is 0.493 e. The maximum absolute atomic E-state index is 13.7. The summed E-state index contributed by atoms with van der Waals surface area (Å²) in [6.07, 6.45) is 1.17. The third-order valence-electron chi connectivity index (χ3n) is 7.48. The Morgan fingerprint density at radius 2 is 1.73 bits per heavy atom. The second-order valence-corrected chi connectivity index (χ2v) is 10.4. The van der Waals surface area contributed by atoms with Crippen molar-refractivity contribution >= 4 is 17.5 Å². The summed E-state index contributed by atoms with van der Waals surface area (Å²) in [5, 5.41) is 6.26. The molecule has 2 unspecified atom stereocenters. The molecule has 2 atom stereocenters. The molecule has 0 bridgehead atoms. The summed E-state index contributed by atoms with van der Waals surface area (Å²) in [6, 6.07) is 6.02. The normalized spacial score (nSPS) is 17.2.